The average molecular weight is 342 g/mol. The Labute approximate surface area is 127 Å². The standard InChI is InChI=1S/C14H20BrN3O2/c1-9-5-6-18(8-13(9)20-2)12-4-3-10(7-11(12)15)14(16)17-19/h3-4,7,9,13,19H,5-6,8H2,1-2H3,(H2,16,17). The maximum atomic E-state index is 8.71. The molecule has 0 aliphatic carbocycles. The summed E-state index contributed by atoms with van der Waals surface area (Å²) in [6.07, 6.45) is 1.35. The molecule has 1 aromatic carbocycles. The number of halogens is 1. The number of piperidine rings is 1. The summed E-state index contributed by atoms with van der Waals surface area (Å²) in [4.78, 5) is 2.30. The van der Waals surface area contributed by atoms with E-state index in [1.165, 1.54) is 0 Å². The maximum absolute atomic E-state index is 8.71. The van der Waals surface area contributed by atoms with Crippen molar-refractivity contribution >= 4 is 27.5 Å². The number of benzene rings is 1. The fourth-order valence-corrected chi connectivity index (χ4v) is 3.17. The van der Waals surface area contributed by atoms with Crippen LogP contribution in [0.25, 0.3) is 0 Å². The SMILES string of the molecule is COC1CN(c2ccc(/C(N)=N/O)cc2Br)CCC1C. The molecule has 3 N–H and O–H groups in total. The van der Waals surface area contributed by atoms with Gasteiger partial charge in [0.15, 0.2) is 5.84 Å². The quantitative estimate of drug-likeness (QED) is 0.383. The zero-order valence-corrected chi connectivity index (χ0v) is 13.3. The van der Waals surface area contributed by atoms with Crippen molar-refractivity contribution in [1.82, 2.24) is 0 Å². The number of hydrogen-bond acceptors (Lipinski definition) is 4. The van der Waals surface area contributed by atoms with Gasteiger partial charge in [-0.15, -0.1) is 0 Å². The number of anilines is 1. The van der Waals surface area contributed by atoms with Gasteiger partial charge in [-0.05, 0) is 46.5 Å². The highest BCUT2D eigenvalue weighted by Gasteiger charge is 2.27. The van der Waals surface area contributed by atoms with E-state index in [1.54, 1.807) is 7.11 Å². The molecule has 0 bridgehead atoms. The molecule has 0 spiro atoms. The first-order chi connectivity index (χ1) is 9.56. The second-order valence-corrected chi connectivity index (χ2v) is 5.99. The van der Waals surface area contributed by atoms with Crippen molar-refractivity contribution in [2.45, 2.75) is 19.4 Å². The summed E-state index contributed by atoms with van der Waals surface area (Å²) in [5.74, 6) is 0.686. The summed E-state index contributed by atoms with van der Waals surface area (Å²) in [5, 5.41) is 11.7. The van der Waals surface area contributed by atoms with Gasteiger partial charge in [0.05, 0.1) is 11.8 Å². The van der Waals surface area contributed by atoms with E-state index in [0.717, 1.165) is 29.7 Å². The van der Waals surface area contributed by atoms with Crippen LogP contribution < -0.4 is 10.6 Å². The molecule has 1 saturated heterocycles. The molecule has 0 aromatic heterocycles. The molecule has 1 fully saturated rings. The summed E-state index contributed by atoms with van der Waals surface area (Å²) >= 11 is 3.56. The van der Waals surface area contributed by atoms with Crippen LogP contribution in [-0.4, -0.2) is 37.3 Å². The van der Waals surface area contributed by atoms with E-state index in [1.807, 2.05) is 18.2 Å². The van der Waals surface area contributed by atoms with Crippen LogP contribution in [0.5, 0.6) is 0 Å². The molecule has 5 nitrogen and oxygen atoms in total. The first kappa shape index (κ1) is 15.1. The van der Waals surface area contributed by atoms with E-state index in [4.69, 9.17) is 15.7 Å². The van der Waals surface area contributed by atoms with E-state index in [9.17, 15) is 0 Å². The van der Waals surface area contributed by atoms with Crippen LogP contribution in [0.3, 0.4) is 0 Å². The van der Waals surface area contributed by atoms with Crippen molar-refractivity contribution in [3.8, 4) is 0 Å². The van der Waals surface area contributed by atoms with Crippen molar-refractivity contribution in [3.05, 3.63) is 28.2 Å². The highest BCUT2D eigenvalue weighted by molar-refractivity contribution is 9.10. The minimum absolute atomic E-state index is 0.110. The lowest BCUT2D eigenvalue weighted by Crippen LogP contribution is -2.44. The van der Waals surface area contributed by atoms with Crippen LogP contribution in [0.15, 0.2) is 27.8 Å². The number of nitrogens with two attached hydrogens (primary N) is 1. The van der Waals surface area contributed by atoms with Crippen LogP contribution in [0, 0.1) is 5.92 Å². The predicted octanol–water partition coefficient (Wildman–Crippen LogP) is 2.40. The lowest BCUT2D eigenvalue weighted by atomic mass is 9.95. The van der Waals surface area contributed by atoms with E-state index in [-0.39, 0.29) is 11.9 Å². The van der Waals surface area contributed by atoms with Crippen LogP contribution in [0.1, 0.15) is 18.9 Å². The normalized spacial score (nSPS) is 23.9. The number of ether oxygens (including phenoxy) is 1. The molecular formula is C14H20BrN3O2. The number of rotatable bonds is 3. The third-order valence-electron chi connectivity index (χ3n) is 3.88. The Morgan fingerprint density at radius 1 is 1.55 bits per heavy atom. The molecule has 1 aliphatic rings. The molecule has 0 radical (unpaired) electrons. The summed E-state index contributed by atoms with van der Waals surface area (Å²) in [7, 11) is 1.77. The number of hydrogen-bond donors (Lipinski definition) is 2. The Balaban J connectivity index is 2.21. The molecule has 110 valence electrons. The molecule has 20 heavy (non-hydrogen) atoms. The first-order valence-corrected chi connectivity index (χ1v) is 7.41. The van der Waals surface area contributed by atoms with Crippen molar-refractivity contribution in [2.24, 2.45) is 16.8 Å². The highest BCUT2D eigenvalue weighted by atomic mass is 79.9. The van der Waals surface area contributed by atoms with Gasteiger partial charge in [-0.25, -0.2) is 0 Å². The third-order valence-corrected chi connectivity index (χ3v) is 4.52. The zero-order chi connectivity index (χ0) is 14.7. The van der Waals surface area contributed by atoms with Gasteiger partial charge >= 0.3 is 0 Å². The van der Waals surface area contributed by atoms with Crippen molar-refractivity contribution < 1.29 is 9.94 Å². The van der Waals surface area contributed by atoms with Crippen LogP contribution in [-0.2, 0) is 4.74 Å². The summed E-state index contributed by atoms with van der Waals surface area (Å²) in [5.41, 5.74) is 7.40. The van der Waals surface area contributed by atoms with Gasteiger partial charge in [0.1, 0.15) is 0 Å². The largest absolute Gasteiger partial charge is 0.409 e. The number of amidine groups is 1. The third kappa shape index (κ3) is 3.07. The van der Waals surface area contributed by atoms with Gasteiger partial charge < -0.3 is 20.6 Å². The fraction of sp³-hybridized carbons (Fsp3) is 0.500. The van der Waals surface area contributed by atoms with Crippen molar-refractivity contribution in [2.75, 3.05) is 25.1 Å². The van der Waals surface area contributed by atoms with E-state index in [2.05, 4.69) is 32.9 Å². The molecular weight excluding hydrogens is 322 g/mol. The Bertz CT molecular complexity index is 507. The van der Waals surface area contributed by atoms with E-state index < -0.39 is 0 Å². The van der Waals surface area contributed by atoms with Gasteiger partial charge in [-0.2, -0.15) is 0 Å². The fourth-order valence-electron chi connectivity index (χ4n) is 2.54. The number of oxime groups is 1. The van der Waals surface area contributed by atoms with Gasteiger partial charge in [0, 0.05) is 30.2 Å². The van der Waals surface area contributed by atoms with Gasteiger partial charge in [0.2, 0.25) is 0 Å². The number of nitrogens with zero attached hydrogens (tertiary/aromatic N) is 2. The Morgan fingerprint density at radius 3 is 2.90 bits per heavy atom. The lowest BCUT2D eigenvalue weighted by molar-refractivity contribution is 0.0498. The molecule has 2 unspecified atom stereocenters. The lowest BCUT2D eigenvalue weighted by Gasteiger charge is -2.38. The summed E-state index contributed by atoms with van der Waals surface area (Å²) in [6, 6.07) is 5.71. The molecule has 1 aromatic rings. The topological polar surface area (TPSA) is 71.1 Å². The van der Waals surface area contributed by atoms with Gasteiger partial charge in [-0.3, -0.25) is 0 Å². The van der Waals surface area contributed by atoms with Crippen molar-refractivity contribution in [1.29, 1.82) is 0 Å². The molecule has 2 rings (SSSR count). The monoisotopic (exact) mass is 341 g/mol. The van der Waals surface area contributed by atoms with Crippen LogP contribution in [0.4, 0.5) is 5.69 Å². The Hall–Kier alpha value is -1.27. The second kappa shape index (κ2) is 6.45. The van der Waals surface area contributed by atoms with Crippen molar-refractivity contribution in [3.63, 3.8) is 0 Å². The smallest absolute Gasteiger partial charge is 0.170 e. The zero-order valence-electron chi connectivity index (χ0n) is 11.7. The molecule has 1 heterocycles. The predicted molar refractivity (Wildman–Crippen MR) is 83.4 cm³/mol. The Morgan fingerprint density at radius 2 is 2.30 bits per heavy atom. The molecule has 6 heteroatoms. The average Bonchev–Trinajstić information content (AvgIpc) is 2.47. The second-order valence-electron chi connectivity index (χ2n) is 5.14. The molecule has 0 amide bonds. The van der Waals surface area contributed by atoms with Gasteiger partial charge in [-0.1, -0.05) is 12.1 Å². The molecule has 1 aliphatic heterocycles. The van der Waals surface area contributed by atoms with Crippen LogP contribution in [0.2, 0.25) is 0 Å². The highest BCUT2D eigenvalue weighted by Crippen LogP contribution is 2.31. The van der Waals surface area contributed by atoms with E-state index >= 15 is 0 Å². The van der Waals surface area contributed by atoms with Gasteiger partial charge in [0.25, 0.3) is 0 Å². The molecule has 0 saturated carbocycles. The maximum Gasteiger partial charge on any atom is 0.170 e. The Kier molecular flexibility index (Phi) is 4.88. The van der Waals surface area contributed by atoms with E-state index in [0.29, 0.717) is 11.5 Å². The van der Waals surface area contributed by atoms with Crippen LogP contribution >= 0.6 is 15.9 Å². The minimum atomic E-state index is 0.110. The first-order valence-electron chi connectivity index (χ1n) is 6.62. The summed E-state index contributed by atoms with van der Waals surface area (Å²) in [6.45, 7) is 4.10. The molecule has 2 atom stereocenters. The summed E-state index contributed by atoms with van der Waals surface area (Å²) < 4.78 is 6.48. The minimum Gasteiger partial charge on any atom is -0.409 e. The number of methoxy groups -OCH3 is 1.